The van der Waals surface area contributed by atoms with Crippen LogP contribution < -0.4 is 4.90 Å². The van der Waals surface area contributed by atoms with Crippen molar-refractivity contribution in [1.29, 1.82) is 0 Å². The highest BCUT2D eigenvalue weighted by atomic mass is 19.1. The zero-order chi connectivity index (χ0) is 19.7. The normalized spacial score (nSPS) is 22.6. The summed E-state index contributed by atoms with van der Waals surface area (Å²) in [5.41, 5.74) is 1.76. The first-order valence-electron chi connectivity index (χ1n) is 9.52. The molecule has 1 unspecified atom stereocenters. The van der Waals surface area contributed by atoms with Crippen molar-refractivity contribution in [3.05, 3.63) is 65.5 Å². The van der Waals surface area contributed by atoms with Gasteiger partial charge in [-0.15, -0.1) is 0 Å². The monoisotopic (exact) mass is 382 g/mol. The predicted octanol–water partition coefficient (Wildman–Crippen LogP) is 3.17. The molecule has 2 aromatic rings. The molecular weight excluding hydrogens is 359 g/mol. The molecule has 0 aliphatic carbocycles. The molecule has 2 aromatic carbocycles. The van der Waals surface area contributed by atoms with Crippen LogP contribution in [0.15, 0.2) is 48.5 Å². The van der Waals surface area contributed by atoms with Crippen molar-refractivity contribution in [3.63, 3.8) is 0 Å². The number of hydrogen-bond acceptors (Lipinski definition) is 3. The van der Waals surface area contributed by atoms with E-state index in [0.717, 1.165) is 18.4 Å². The van der Waals surface area contributed by atoms with Gasteiger partial charge in [-0.3, -0.25) is 9.59 Å². The Morgan fingerprint density at radius 1 is 1.14 bits per heavy atom. The van der Waals surface area contributed by atoms with Gasteiger partial charge in [0.05, 0.1) is 13.1 Å². The molecule has 2 fully saturated rings. The molecule has 0 bridgehead atoms. The second-order valence-electron chi connectivity index (χ2n) is 7.63. The number of halogens is 1. The maximum atomic E-state index is 13.3. The lowest BCUT2D eigenvalue weighted by atomic mass is 9.90. The second-order valence-corrected chi connectivity index (χ2v) is 7.63. The molecule has 0 radical (unpaired) electrons. The van der Waals surface area contributed by atoms with Gasteiger partial charge in [-0.05, 0) is 56.2 Å². The number of likely N-dealkylation sites (tertiary alicyclic amines) is 1. The van der Waals surface area contributed by atoms with Gasteiger partial charge in [-0.1, -0.05) is 17.7 Å². The summed E-state index contributed by atoms with van der Waals surface area (Å²) in [6.45, 7) is 3.39. The highest BCUT2D eigenvalue weighted by molar-refractivity contribution is 5.96. The van der Waals surface area contributed by atoms with Gasteiger partial charge in [0.1, 0.15) is 18.0 Å². The summed E-state index contributed by atoms with van der Waals surface area (Å²) in [6, 6.07) is 13.5. The maximum Gasteiger partial charge on any atom is 0.253 e. The number of amides is 2. The van der Waals surface area contributed by atoms with E-state index in [1.165, 1.54) is 12.1 Å². The summed E-state index contributed by atoms with van der Waals surface area (Å²) in [5, 5.41) is 0. The first-order chi connectivity index (χ1) is 13.5. The largest absolute Gasteiger partial charge is 0.361 e. The number of carbonyl (C=O) groups is 2. The molecule has 1 atom stereocenters. The predicted molar refractivity (Wildman–Crippen MR) is 104 cm³/mol. The van der Waals surface area contributed by atoms with E-state index in [2.05, 4.69) is 0 Å². The Hall–Kier alpha value is -2.73. The summed E-state index contributed by atoms with van der Waals surface area (Å²) in [6.07, 6.45) is 1.58. The first kappa shape index (κ1) is 18.6. The number of rotatable bonds is 2. The second kappa shape index (κ2) is 7.36. The number of ether oxygens (including phenoxy) is 1. The number of hydrogen-bond donors (Lipinski definition) is 0. The Labute approximate surface area is 163 Å². The highest BCUT2D eigenvalue weighted by Crippen LogP contribution is 2.32. The quantitative estimate of drug-likeness (QED) is 0.802. The van der Waals surface area contributed by atoms with Crippen molar-refractivity contribution in [1.82, 2.24) is 4.90 Å². The Morgan fingerprint density at radius 2 is 1.93 bits per heavy atom. The summed E-state index contributed by atoms with van der Waals surface area (Å²) in [5.74, 6) is -0.511. The molecule has 2 saturated heterocycles. The van der Waals surface area contributed by atoms with Gasteiger partial charge >= 0.3 is 0 Å². The van der Waals surface area contributed by atoms with Gasteiger partial charge in [0.15, 0.2) is 0 Å². The van der Waals surface area contributed by atoms with Crippen LogP contribution in [-0.2, 0) is 9.53 Å². The van der Waals surface area contributed by atoms with Crippen molar-refractivity contribution in [3.8, 4) is 0 Å². The van der Waals surface area contributed by atoms with Crippen LogP contribution in [0.5, 0.6) is 0 Å². The lowest BCUT2D eigenvalue weighted by Crippen LogP contribution is -2.62. The number of aryl methyl sites for hydroxylation is 1. The summed E-state index contributed by atoms with van der Waals surface area (Å²) < 4.78 is 19.2. The molecule has 4 rings (SSSR count). The Morgan fingerprint density at radius 3 is 2.68 bits per heavy atom. The van der Waals surface area contributed by atoms with Crippen molar-refractivity contribution >= 4 is 17.5 Å². The van der Waals surface area contributed by atoms with E-state index in [1.54, 1.807) is 17.0 Å². The SMILES string of the molecule is Cc1cccc(C(=O)N2CCCC3(C2)CN(c2ccc(F)cc2)C(=O)CO3)c1. The molecule has 0 N–H and O–H groups in total. The smallest absolute Gasteiger partial charge is 0.253 e. The third-order valence-corrected chi connectivity index (χ3v) is 5.48. The molecule has 1 spiro atoms. The van der Waals surface area contributed by atoms with E-state index in [0.29, 0.717) is 30.9 Å². The van der Waals surface area contributed by atoms with E-state index in [-0.39, 0.29) is 24.2 Å². The van der Waals surface area contributed by atoms with Crippen LogP contribution in [0.1, 0.15) is 28.8 Å². The fourth-order valence-electron chi connectivity index (χ4n) is 4.05. The van der Waals surface area contributed by atoms with E-state index in [1.807, 2.05) is 36.1 Å². The number of anilines is 1. The molecule has 0 aromatic heterocycles. The first-order valence-corrected chi connectivity index (χ1v) is 9.52. The minimum absolute atomic E-state index is 0.0170. The van der Waals surface area contributed by atoms with Crippen LogP contribution in [0, 0.1) is 12.7 Å². The van der Waals surface area contributed by atoms with Crippen LogP contribution in [0.25, 0.3) is 0 Å². The van der Waals surface area contributed by atoms with Crippen LogP contribution in [0.3, 0.4) is 0 Å². The zero-order valence-corrected chi connectivity index (χ0v) is 15.9. The molecule has 5 nitrogen and oxygen atoms in total. The standard InChI is InChI=1S/C22H23FN2O3/c1-16-4-2-5-17(12-16)21(27)24-11-3-10-22(14-24)15-25(20(26)13-28-22)19-8-6-18(23)7-9-19/h2,4-9,12H,3,10-11,13-15H2,1H3. The van der Waals surface area contributed by atoms with Crippen molar-refractivity contribution < 1.29 is 18.7 Å². The van der Waals surface area contributed by atoms with Crippen LogP contribution in [0.4, 0.5) is 10.1 Å². The lowest BCUT2D eigenvalue weighted by molar-refractivity contribution is -0.144. The number of nitrogens with zero attached hydrogens (tertiary/aromatic N) is 2. The van der Waals surface area contributed by atoms with Crippen LogP contribution in [-0.4, -0.2) is 48.6 Å². The molecule has 2 amide bonds. The Balaban J connectivity index is 1.54. The zero-order valence-electron chi connectivity index (χ0n) is 15.9. The molecule has 146 valence electrons. The highest BCUT2D eigenvalue weighted by Gasteiger charge is 2.44. The van der Waals surface area contributed by atoms with Gasteiger partial charge in [0, 0.05) is 17.8 Å². The van der Waals surface area contributed by atoms with E-state index in [4.69, 9.17) is 4.74 Å². The van der Waals surface area contributed by atoms with Crippen molar-refractivity contribution in [2.45, 2.75) is 25.4 Å². The number of piperidine rings is 1. The maximum absolute atomic E-state index is 13.3. The third-order valence-electron chi connectivity index (χ3n) is 5.48. The van der Waals surface area contributed by atoms with Gasteiger partial charge in [-0.25, -0.2) is 4.39 Å². The summed E-state index contributed by atoms with van der Waals surface area (Å²) in [4.78, 5) is 28.8. The molecule has 0 saturated carbocycles. The minimum Gasteiger partial charge on any atom is -0.361 e. The minimum atomic E-state index is -0.597. The molecule has 2 aliphatic rings. The summed E-state index contributed by atoms with van der Waals surface area (Å²) >= 11 is 0. The van der Waals surface area contributed by atoms with Crippen LogP contribution in [0.2, 0.25) is 0 Å². The number of morpholine rings is 1. The van der Waals surface area contributed by atoms with Gasteiger partial charge < -0.3 is 14.5 Å². The molecule has 28 heavy (non-hydrogen) atoms. The molecule has 2 heterocycles. The Kier molecular flexibility index (Phi) is 4.89. The van der Waals surface area contributed by atoms with Gasteiger partial charge in [-0.2, -0.15) is 0 Å². The average Bonchev–Trinajstić information content (AvgIpc) is 2.70. The topological polar surface area (TPSA) is 49.9 Å². The molecule has 2 aliphatic heterocycles. The molecule has 6 heteroatoms. The molecular formula is C22H23FN2O3. The van der Waals surface area contributed by atoms with E-state index >= 15 is 0 Å². The van der Waals surface area contributed by atoms with Crippen LogP contribution >= 0.6 is 0 Å². The fourth-order valence-corrected chi connectivity index (χ4v) is 4.05. The number of carbonyl (C=O) groups excluding carboxylic acids is 2. The van der Waals surface area contributed by atoms with Crippen molar-refractivity contribution in [2.75, 3.05) is 31.1 Å². The third kappa shape index (κ3) is 3.64. The van der Waals surface area contributed by atoms with Crippen molar-refractivity contribution in [2.24, 2.45) is 0 Å². The van der Waals surface area contributed by atoms with Gasteiger partial charge in [0.25, 0.3) is 11.8 Å². The van der Waals surface area contributed by atoms with E-state index in [9.17, 15) is 14.0 Å². The number of benzene rings is 2. The van der Waals surface area contributed by atoms with E-state index < -0.39 is 5.60 Å². The summed E-state index contributed by atoms with van der Waals surface area (Å²) in [7, 11) is 0. The lowest BCUT2D eigenvalue weighted by Gasteiger charge is -2.47. The Bertz CT molecular complexity index is 899. The fraction of sp³-hybridized carbons (Fsp3) is 0.364. The average molecular weight is 382 g/mol. The van der Waals surface area contributed by atoms with Gasteiger partial charge in [0.2, 0.25) is 0 Å².